The topological polar surface area (TPSA) is 108 Å². The fraction of sp³-hybridized carbons (Fsp3) is 0.585. The molecule has 3 aliphatic heterocycles. The molecule has 7 rings (SSSR count). The van der Waals surface area contributed by atoms with Crippen LogP contribution >= 0.6 is 0 Å². The van der Waals surface area contributed by atoms with Crippen molar-refractivity contribution in [2.75, 3.05) is 6.61 Å². The molecule has 2 unspecified atom stereocenters. The highest BCUT2D eigenvalue weighted by molar-refractivity contribution is 6.09. The Kier molecular flexibility index (Phi) is 9.04. The van der Waals surface area contributed by atoms with Crippen molar-refractivity contribution in [3.8, 4) is 17.2 Å². The molecule has 0 aromatic heterocycles. The lowest BCUT2D eigenvalue weighted by Crippen LogP contribution is -2.76. The number of hydrogen-bond donors (Lipinski definition) is 1. The molecule has 1 aromatic carbocycles. The number of esters is 1. The molecular formula is C41H52O8. The summed E-state index contributed by atoms with van der Waals surface area (Å²) in [7, 11) is 0. The van der Waals surface area contributed by atoms with Crippen LogP contribution in [0.1, 0.15) is 122 Å². The highest BCUT2D eigenvalue weighted by atomic mass is 16.6. The minimum absolute atomic E-state index is 0.0617. The molecule has 0 radical (unpaired) electrons. The Morgan fingerprint density at radius 2 is 1.78 bits per heavy atom. The van der Waals surface area contributed by atoms with E-state index >= 15 is 0 Å². The first-order valence-corrected chi connectivity index (χ1v) is 18.0. The van der Waals surface area contributed by atoms with E-state index in [0.717, 1.165) is 31.3 Å². The van der Waals surface area contributed by atoms with E-state index in [2.05, 4.69) is 26.0 Å². The van der Waals surface area contributed by atoms with Gasteiger partial charge in [-0.05, 0) is 99.1 Å². The third-order valence-corrected chi connectivity index (χ3v) is 11.3. The first kappa shape index (κ1) is 35.2. The number of fused-ring (bicyclic) bond motifs is 2. The number of ketones is 2. The lowest BCUT2D eigenvalue weighted by molar-refractivity contribution is -0.199. The Bertz CT molecular complexity index is 1680. The van der Waals surface area contributed by atoms with E-state index in [1.165, 1.54) is 11.6 Å². The highest BCUT2D eigenvalue weighted by Crippen LogP contribution is 2.70. The number of phenols is 1. The smallest absolute Gasteiger partial charge is 0.330 e. The standard InChI is InChI=1S/C41H52O8/c1-9-10-21-46-31(42)14-12-19-40-37(45)26-22-29-34(44)32-33(43)27-17-20-39(8,18-11-13-24(2)3)47-35(27)28(16-15-25(4)5)36(32)48-41(29,40)30(23-26)38(6,7)49-40/h12-15,17,20,26,29-30,43H,9-11,16,18-19,21-23H2,1-8H3/b14-12+/t26-,29?,30?,39-,40+,41-/m1/s1. The highest BCUT2D eigenvalue weighted by Gasteiger charge is 2.83. The molecule has 6 atom stereocenters. The number of rotatable bonds is 11. The summed E-state index contributed by atoms with van der Waals surface area (Å²) in [4.78, 5) is 41.9. The lowest BCUT2D eigenvalue weighted by Gasteiger charge is -2.60. The summed E-state index contributed by atoms with van der Waals surface area (Å²) in [5, 5.41) is 11.9. The Hall–Kier alpha value is -3.65. The van der Waals surface area contributed by atoms with Crippen molar-refractivity contribution in [3.63, 3.8) is 0 Å². The summed E-state index contributed by atoms with van der Waals surface area (Å²) in [5.74, 6) is -1.60. The molecule has 4 bridgehead atoms. The van der Waals surface area contributed by atoms with Gasteiger partial charge in [-0.3, -0.25) is 9.59 Å². The second kappa shape index (κ2) is 12.6. The van der Waals surface area contributed by atoms with Gasteiger partial charge in [0.1, 0.15) is 28.4 Å². The van der Waals surface area contributed by atoms with Crippen molar-refractivity contribution >= 4 is 23.6 Å². The summed E-state index contributed by atoms with van der Waals surface area (Å²) in [5.41, 5.74) is -0.680. The second-order valence-corrected chi connectivity index (χ2v) is 15.9. The first-order chi connectivity index (χ1) is 23.1. The van der Waals surface area contributed by atoms with Crippen LogP contribution in [0.15, 0.2) is 41.5 Å². The molecule has 264 valence electrons. The summed E-state index contributed by atoms with van der Waals surface area (Å²) in [6.45, 7) is 16.5. The van der Waals surface area contributed by atoms with Crippen LogP contribution in [0, 0.1) is 17.8 Å². The van der Waals surface area contributed by atoms with Crippen LogP contribution in [-0.2, 0) is 25.5 Å². The van der Waals surface area contributed by atoms with Gasteiger partial charge in [0.15, 0.2) is 22.8 Å². The van der Waals surface area contributed by atoms with E-state index in [1.807, 2.05) is 53.7 Å². The van der Waals surface area contributed by atoms with Gasteiger partial charge in [0, 0.05) is 29.9 Å². The maximum atomic E-state index is 14.9. The summed E-state index contributed by atoms with van der Waals surface area (Å²) < 4.78 is 26.2. The maximum absolute atomic E-state index is 14.9. The molecule has 49 heavy (non-hydrogen) atoms. The molecule has 3 saturated carbocycles. The zero-order valence-corrected chi connectivity index (χ0v) is 30.4. The van der Waals surface area contributed by atoms with Gasteiger partial charge in [-0.1, -0.05) is 42.7 Å². The van der Waals surface area contributed by atoms with Crippen LogP contribution in [0.3, 0.4) is 0 Å². The van der Waals surface area contributed by atoms with Crippen LogP contribution in [0.5, 0.6) is 17.2 Å². The minimum Gasteiger partial charge on any atom is -0.506 e. The molecule has 1 aromatic rings. The van der Waals surface area contributed by atoms with E-state index in [-0.39, 0.29) is 41.0 Å². The number of phenolic OH excluding ortho intramolecular Hbond substituents is 1. The van der Waals surface area contributed by atoms with Gasteiger partial charge in [0.25, 0.3) is 0 Å². The average Bonchev–Trinajstić information content (AvgIpc) is 3.17. The van der Waals surface area contributed by atoms with Crippen molar-refractivity contribution < 1.29 is 38.4 Å². The number of benzene rings is 1. The Labute approximate surface area is 290 Å². The molecule has 1 N–H and O–H groups in total. The molecule has 1 spiro atoms. The van der Waals surface area contributed by atoms with Gasteiger partial charge in [0.2, 0.25) is 0 Å². The van der Waals surface area contributed by atoms with E-state index in [4.69, 9.17) is 18.9 Å². The molecule has 1 saturated heterocycles. The predicted molar refractivity (Wildman–Crippen MR) is 188 cm³/mol. The van der Waals surface area contributed by atoms with Crippen LogP contribution in [0.4, 0.5) is 0 Å². The van der Waals surface area contributed by atoms with Crippen molar-refractivity contribution in [2.45, 2.75) is 129 Å². The molecule has 3 aliphatic carbocycles. The third-order valence-electron chi connectivity index (χ3n) is 11.3. The number of allylic oxidation sites excluding steroid dienone is 4. The van der Waals surface area contributed by atoms with Gasteiger partial charge in [-0.2, -0.15) is 0 Å². The first-order valence-electron chi connectivity index (χ1n) is 18.0. The van der Waals surface area contributed by atoms with Crippen LogP contribution in [0.25, 0.3) is 6.08 Å². The number of Topliss-reactive ketones (excluding diaryl/α,β-unsaturated/α-hetero) is 2. The number of carbonyl (C=O) groups excluding carboxylic acids is 3. The van der Waals surface area contributed by atoms with Crippen molar-refractivity contribution in [3.05, 3.63) is 58.2 Å². The van der Waals surface area contributed by atoms with Gasteiger partial charge < -0.3 is 24.1 Å². The molecule has 0 amide bonds. The van der Waals surface area contributed by atoms with Crippen LogP contribution in [-0.4, -0.2) is 51.7 Å². The SMILES string of the molecule is CCCCOC(=O)/C=C/C[C@@]12OC(C)(C)C3C[C@@H](CC4C(=O)c5c(O)c6c(c(CC=C(C)C)c5O[C@]431)O[C@](C)(CCC=C(C)C)C=C6)C2=O. The Morgan fingerprint density at radius 1 is 1.04 bits per heavy atom. The number of carbonyl (C=O) groups is 3. The van der Waals surface area contributed by atoms with Crippen LogP contribution < -0.4 is 9.47 Å². The monoisotopic (exact) mass is 672 g/mol. The van der Waals surface area contributed by atoms with Gasteiger partial charge in [-0.15, -0.1) is 0 Å². The average molecular weight is 673 g/mol. The summed E-state index contributed by atoms with van der Waals surface area (Å²) in [6, 6.07) is 0. The lowest BCUT2D eigenvalue weighted by atomic mass is 9.46. The van der Waals surface area contributed by atoms with Gasteiger partial charge >= 0.3 is 5.97 Å². The fourth-order valence-electron chi connectivity index (χ4n) is 9.04. The largest absolute Gasteiger partial charge is 0.506 e. The Balaban J connectivity index is 1.50. The number of ether oxygens (including phenoxy) is 4. The van der Waals surface area contributed by atoms with E-state index < -0.39 is 40.2 Å². The normalized spacial score (nSPS) is 31.4. The zero-order valence-electron chi connectivity index (χ0n) is 30.4. The van der Waals surface area contributed by atoms with Crippen molar-refractivity contribution in [2.24, 2.45) is 17.8 Å². The third kappa shape index (κ3) is 5.58. The van der Waals surface area contributed by atoms with E-state index in [9.17, 15) is 19.5 Å². The summed E-state index contributed by atoms with van der Waals surface area (Å²) >= 11 is 0. The van der Waals surface area contributed by atoms with Gasteiger partial charge in [-0.25, -0.2) is 4.79 Å². The number of unbranched alkanes of at least 4 members (excludes halogenated alkanes) is 1. The zero-order chi connectivity index (χ0) is 35.5. The van der Waals surface area contributed by atoms with Crippen molar-refractivity contribution in [1.82, 2.24) is 0 Å². The molecule has 6 aliphatic rings. The molecule has 3 heterocycles. The molecule has 4 fully saturated rings. The van der Waals surface area contributed by atoms with Crippen LogP contribution in [0.2, 0.25) is 0 Å². The van der Waals surface area contributed by atoms with Crippen molar-refractivity contribution in [1.29, 1.82) is 0 Å². The molecular weight excluding hydrogens is 620 g/mol. The van der Waals surface area contributed by atoms with Gasteiger partial charge in [0.05, 0.1) is 23.7 Å². The quantitative estimate of drug-likeness (QED) is 0.109. The summed E-state index contributed by atoms with van der Waals surface area (Å²) in [6.07, 6.45) is 15.6. The second-order valence-electron chi connectivity index (χ2n) is 15.9. The minimum atomic E-state index is -1.50. The van der Waals surface area contributed by atoms with E-state index in [1.54, 1.807) is 6.08 Å². The fourth-order valence-corrected chi connectivity index (χ4v) is 9.04. The molecule has 8 nitrogen and oxygen atoms in total. The van der Waals surface area contributed by atoms with E-state index in [0.29, 0.717) is 42.7 Å². The number of hydrogen-bond acceptors (Lipinski definition) is 8. The molecule has 8 heteroatoms. The maximum Gasteiger partial charge on any atom is 0.330 e. The Morgan fingerprint density at radius 3 is 2.47 bits per heavy atom. The predicted octanol–water partition coefficient (Wildman–Crippen LogP) is 8.19. The number of aromatic hydroxyl groups is 1.